The first-order valence-corrected chi connectivity index (χ1v) is 9.56. The molecule has 25 heavy (non-hydrogen) atoms. The zero-order valence-corrected chi connectivity index (χ0v) is 15.2. The minimum absolute atomic E-state index is 0.153. The quantitative estimate of drug-likeness (QED) is 0.841. The molecule has 0 bridgehead atoms. The van der Waals surface area contributed by atoms with Gasteiger partial charge in [-0.3, -0.25) is 4.90 Å². The van der Waals surface area contributed by atoms with Gasteiger partial charge in [0.15, 0.2) is 0 Å². The van der Waals surface area contributed by atoms with Gasteiger partial charge in [0.25, 0.3) is 0 Å². The molecule has 0 saturated carbocycles. The van der Waals surface area contributed by atoms with E-state index in [1.165, 1.54) is 12.8 Å². The molecule has 1 aromatic heterocycles. The predicted molar refractivity (Wildman–Crippen MR) is 94.3 cm³/mol. The second kappa shape index (κ2) is 7.00. The summed E-state index contributed by atoms with van der Waals surface area (Å²) < 4.78 is 11.2. The second-order valence-corrected chi connectivity index (χ2v) is 7.88. The molecule has 1 aromatic rings. The average Bonchev–Trinajstić information content (AvgIpc) is 3.14. The van der Waals surface area contributed by atoms with Crippen LogP contribution in [0.15, 0.2) is 22.8 Å². The molecule has 6 nitrogen and oxygen atoms in total. The Bertz CT molecular complexity index is 583. The lowest BCUT2D eigenvalue weighted by Gasteiger charge is -2.38. The van der Waals surface area contributed by atoms with Crippen molar-refractivity contribution < 1.29 is 13.9 Å². The highest BCUT2D eigenvalue weighted by Crippen LogP contribution is 2.34. The van der Waals surface area contributed by atoms with Crippen LogP contribution in [-0.2, 0) is 11.3 Å². The van der Waals surface area contributed by atoms with Crippen LogP contribution in [0.5, 0.6) is 0 Å². The summed E-state index contributed by atoms with van der Waals surface area (Å²) in [5, 5.41) is 0. The molecule has 1 unspecified atom stereocenters. The Balaban J connectivity index is 1.28. The van der Waals surface area contributed by atoms with Gasteiger partial charge < -0.3 is 19.0 Å². The molecule has 0 N–H and O–H groups in total. The maximum atomic E-state index is 11.8. The molecule has 6 heteroatoms. The van der Waals surface area contributed by atoms with Crippen molar-refractivity contribution in [2.24, 2.45) is 0 Å². The van der Waals surface area contributed by atoms with Crippen LogP contribution in [-0.4, -0.2) is 72.2 Å². The summed E-state index contributed by atoms with van der Waals surface area (Å²) >= 11 is 0. The Morgan fingerprint density at radius 2 is 2.04 bits per heavy atom. The zero-order chi connectivity index (χ0) is 17.3. The molecular weight excluding hydrogens is 318 g/mol. The van der Waals surface area contributed by atoms with E-state index in [4.69, 9.17) is 9.15 Å². The molecule has 4 heterocycles. The van der Waals surface area contributed by atoms with E-state index in [0.29, 0.717) is 6.04 Å². The number of hydrogen-bond acceptors (Lipinski definition) is 5. The fraction of sp³-hybridized carbons (Fsp3) is 0.737. The number of carbonyl (C=O) groups excluding carboxylic acids is 1. The lowest BCUT2D eigenvalue weighted by molar-refractivity contribution is 0.0406. The molecule has 0 radical (unpaired) electrons. The Kier molecular flexibility index (Phi) is 4.73. The van der Waals surface area contributed by atoms with Crippen molar-refractivity contribution in [1.29, 1.82) is 0 Å². The van der Waals surface area contributed by atoms with E-state index in [0.717, 1.165) is 64.3 Å². The molecular formula is C19H29N3O3. The van der Waals surface area contributed by atoms with E-state index in [1.807, 2.05) is 13.1 Å². The van der Waals surface area contributed by atoms with Crippen molar-refractivity contribution in [1.82, 2.24) is 14.7 Å². The summed E-state index contributed by atoms with van der Waals surface area (Å²) in [4.78, 5) is 18.6. The third kappa shape index (κ3) is 3.70. The van der Waals surface area contributed by atoms with Gasteiger partial charge in [0.1, 0.15) is 11.4 Å². The highest BCUT2D eigenvalue weighted by Gasteiger charge is 2.44. The Morgan fingerprint density at radius 3 is 2.72 bits per heavy atom. The minimum atomic E-state index is -0.236. The van der Waals surface area contributed by atoms with Gasteiger partial charge in [-0.05, 0) is 44.4 Å². The van der Waals surface area contributed by atoms with Gasteiger partial charge in [-0.15, -0.1) is 0 Å². The highest BCUT2D eigenvalue weighted by molar-refractivity contribution is 5.70. The van der Waals surface area contributed by atoms with E-state index in [1.54, 1.807) is 11.2 Å². The maximum Gasteiger partial charge on any atom is 0.410 e. The lowest BCUT2D eigenvalue weighted by Crippen LogP contribution is -2.45. The van der Waals surface area contributed by atoms with Crippen molar-refractivity contribution >= 4 is 6.09 Å². The predicted octanol–water partition coefficient (Wildman–Crippen LogP) is 2.55. The number of hydrogen-bond donors (Lipinski definition) is 0. The highest BCUT2D eigenvalue weighted by atomic mass is 16.6. The summed E-state index contributed by atoms with van der Waals surface area (Å²) in [5.74, 6) is 1.06. The number of amides is 1. The van der Waals surface area contributed by atoms with E-state index < -0.39 is 0 Å². The third-order valence-electron chi connectivity index (χ3n) is 6.11. The van der Waals surface area contributed by atoms with Crippen molar-refractivity contribution in [3.8, 4) is 0 Å². The normalized spacial score (nSPS) is 30.0. The first-order chi connectivity index (χ1) is 12.1. The van der Waals surface area contributed by atoms with Gasteiger partial charge in [-0.2, -0.15) is 0 Å². The molecule has 1 amide bonds. The molecule has 4 rings (SSSR count). The van der Waals surface area contributed by atoms with Crippen LogP contribution >= 0.6 is 0 Å². The largest absolute Gasteiger partial charge is 0.468 e. The number of piperidine rings is 1. The molecule has 1 atom stereocenters. The van der Waals surface area contributed by atoms with Crippen molar-refractivity contribution in [3.63, 3.8) is 0 Å². The zero-order valence-electron chi connectivity index (χ0n) is 15.2. The standard InChI is InChI=1S/C19H29N3O3/c1-20-15-19(25-18(20)23)7-3-9-22(12-8-19)16-5-10-21(11-6-16)14-17-4-2-13-24-17/h2,4,13,16H,3,5-12,14-15H2,1H3. The van der Waals surface area contributed by atoms with Gasteiger partial charge >= 0.3 is 6.09 Å². The first kappa shape index (κ1) is 16.9. The van der Waals surface area contributed by atoms with Crippen LogP contribution in [0.1, 0.15) is 37.9 Å². The minimum Gasteiger partial charge on any atom is -0.468 e. The molecule has 0 aliphatic carbocycles. The van der Waals surface area contributed by atoms with Crippen LogP contribution in [0.2, 0.25) is 0 Å². The number of furan rings is 1. The summed E-state index contributed by atoms with van der Waals surface area (Å²) in [7, 11) is 1.84. The maximum absolute atomic E-state index is 11.8. The average molecular weight is 347 g/mol. The number of likely N-dealkylation sites (tertiary alicyclic amines) is 2. The van der Waals surface area contributed by atoms with Crippen LogP contribution < -0.4 is 0 Å². The number of rotatable bonds is 3. The summed E-state index contributed by atoms with van der Waals surface area (Å²) in [6.45, 7) is 6.11. The molecule has 3 saturated heterocycles. The smallest absolute Gasteiger partial charge is 0.410 e. The summed E-state index contributed by atoms with van der Waals surface area (Å²) in [5.41, 5.74) is -0.236. The molecule has 138 valence electrons. The van der Waals surface area contributed by atoms with Gasteiger partial charge in [0, 0.05) is 39.1 Å². The molecule has 3 aliphatic rings. The fourth-order valence-electron chi connectivity index (χ4n) is 4.67. The first-order valence-electron chi connectivity index (χ1n) is 9.56. The van der Waals surface area contributed by atoms with Crippen LogP contribution in [0.25, 0.3) is 0 Å². The van der Waals surface area contributed by atoms with Crippen molar-refractivity contribution in [3.05, 3.63) is 24.2 Å². The van der Waals surface area contributed by atoms with Crippen LogP contribution in [0.3, 0.4) is 0 Å². The Morgan fingerprint density at radius 1 is 1.20 bits per heavy atom. The van der Waals surface area contributed by atoms with Gasteiger partial charge in [-0.25, -0.2) is 4.79 Å². The van der Waals surface area contributed by atoms with Crippen LogP contribution in [0, 0.1) is 0 Å². The van der Waals surface area contributed by atoms with E-state index in [2.05, 4.69) is 15.9 Å². The Labute approximate surface area is 149 Å². The SMILES string of the molecule is CN1CC2(CCCN(C3CCN(Cc4ccco4)CC3)CC2)OC1=O. The van der Waals surface area contributed by atoms with Gasteiger partial charge in [-0.1, -0.05) is 0 Å². The van der Waals surface area contributed by atoms with E-state index in [-0.39, 0.29) is 11.7 Å². The van der Waals surface area contributed by atoms with Crippen LogP contribution in [0.4, 0.5) is 4.79 Å². The van der Waals surface area contributed by atoms with E-state index >= 15 is 0 Å². The summed E-state index contributed by atoms with van der Waals surface area (Å²) in [6, 6.07) is 4.68. The fourth-order valence-corrected chi connectivity index (χ4v) is 4.67. The number of ether oxygens (including phenoxy) is 1. The topological polar surface area (TPSA) is 49.2 Å². The lowest BCUT2D eigenvalue weighted by atomic mass is 9.95. The number of nitrogens with zero attached hydrogens (tertiary/aromatic N) is 3. The molecule has 3 aliphatic heterocycles. The Hall–Kier alpha value is -1.53. The van der Waals surface area contributed by atoms with Gasteiger partial charge in [0.2, 0.25) is 0 Å². The number of carbonyl (C=O) groups is 1. The molecule has 1 spiro atoms. The monoisotopic (exact) mass is 347 g/mol. The van der Waals surface area contributed by atoms with E-state index in [9.17, 15) is 4.79 Å². The van der Waals surface area contributed by atoms with Crippen molar-refractivity contribution in [2.45, 2.75) is 50.3 Å². The molecule has 0 aromatic carbocycles. The third-order valence-corrected chi connectivity index (χ3v) is 6.11. The second-order valence-electron chi connectivity index (χ2n) is 7.88. The van der Waals surface area contributed by atoms with Crippen molar-refractivity contribution in [2.75, 3.05) is 39.8 Å². The summed E-state index contributed by atoms with van der Waals surface area (Å²) in [6.07, 6.45) is 7.11. The van der Waals surface area contributed by atoms with Gasteiger partial charge in [0.05, 0.1) is 19.4 Å². The number of likely N-dealkylation sites (N-methyl/N-ethyl adjacent to an activating group) is 1. The molecule has 3 fully saturated rings.